The second-order valence-electron chi connectivity index (χ2n) is 4.73. The normalized spacial score (nSPS) is 25.3. The molecule has 1 heterocycles. The standard InChI is InChI=1S/C10H21NO3/c1-10(2,8-13)7-11-3-4-14-9(5-11)6-12/h9,12-13H,3-8H2,1-2H3. The molecule has 2 N–H and O–H groups in total. The van der Waals surface area contributed by atoms with E-state index in [1.54, 1.807) is 0 Å². The number of nitrogens with zero attached hydrogens (tertiary/aromatic N) is 1. The second kappa shape index (κ2) is 5.07. The summed E-state index contributed by atoms with van der Waals surface area (Å²) >= 11 is 0. The first-order valence-corrected chi connectivity index (χ1v) is 5.13. The van der Waals surface area contributed by atoms with Gasteiger partial charge < -0.3 is 14.9 Å². The third-order valence-electron chi connectivity index (χ3n) is 2.51. The first-order valence-electron chi connectivity index (χ1n) is 5.13. The van der Waals surface area contributed by atoms with Crippen molar-refractivity contribution < 1.29 is 14.9 Å². The van der Waals surface area contributed by atoms with Gasteiger partial charge in [0.2, 0.25) is 0 Å². The topological polar surface area (TPSA) is 52.9 Å². The van der Waals surface area contributed by atoms with Crippen LogP contribution < -0.4 is 0 Å². The van der Waals surface area contributed by atoms with Crippen molar-refractivity contribution in [2.75, 3.05) is 39.5 Å². The molecule has 0 aromatic rings. The molecular weight excluding hydrogens is 182 g/mol. The van der Waals surface area contributed by atoms with E-state index in [1.165, 1.54) is 0 Å². The lowest BCUT2D eigenvalue weighted by Gasteiger charge is -2.36. The Morgan fingerprint density at radius 3 is 2.71 bits per heavy atom. The first kappa shape index (κ1) is 11.9. The van der Waals surface area contributed by atoms with Crippen LogP contribution in [-0.4, -0.2) is 60.7 Å². The lowest BCUT2D eigenvalue weighted by molar-refractivity contribution is -0.0636. The minimum Gasteiger partial charge on any atom is -0.396 e. The van der Waals surface area contributed by atoms with Crippen molar-refractivity contribution in [2.24, 2.45) is 5.41 Å². The summed E-state index contributed by atoms with van der Waals surface area (Å²) in [5.74, 6) is 0. The van der Waals surface area contributed by atoms with Gasteiger partial charge in [-0.1, -0.05) is 13.8 Å². The number of aliphatic hydroxyl groups excluding tert-OH is 2. The van der Waals surface area contributed by atoms with Crippen LogP contribution in [0.1, 0.15) is 13.8 Å². The molecule has 0 spiro atoms. The summed E-state index contributed by atoms with van der Waals surface area (Å²) in [6, 6.07) is 0. The lowest BCUT2D eigenvalue weighted by Crippen LogP contribution is -2.48. The van der Waals surface area contributed by atoms with Crippen LogP contribution in [0, 0.1) is 5.41 Å². The smallest absolute Gasteiger partial charge is 0.0932 e. The third kappa shape index (κ3) is 3.53. The summed E-state index contributed by atoms with van der Waals surface area (Å²) in [6.07, 6.45) is -0.0572. The van der Waals surface area contributed by atoms with Crippen LogP contribution in [0.5, 0.6) is 0 Å². The molecule has 4 heteroatoms. The highest BCUT2D eigenvalue weighted by molar-refractivity contribution is 4.77. The maximum absolute atomic E-state index is 9.14. The molecule has 84 valence electrons. The van der Waals surface area contributed by atoms with Crippen LogP contribution in [0.4, 0.5) is 0 Å². The van der Waals surface area contributed by atoms with Crippen LogP contribution >= 0.6 is 0 Å². The van der Waals surface area contributed by atoms with E-state index in [4.69, 9.17) is 14.9 Å². The average molecular weight is 203 g/mol. The molecule has 14 heavy (non-hydrogen) atoms. The van der Waals surface area contributed by atoms with Crippen LogP contribution in [0.25, 0.3) is 0 Å². The van der Waals surface area contributed by atoms with Gasteiger partial charge in [-0.25, -0.2) is 0 Å². The molecule has 0 bridgehead atoms. The molecule has 0 radical (unpaired) electrons. The molecule has 0 amide bonds. The van der Waals surface area contributed by atoms with Gasteiger partial charge >= 0.3 is 0 Å². The number of hydrogen-bond acceptors (Lipinski definition) is 4. The maximum Gasteiger partial charge on any atom is 0.0932 e. The summed E-state index contributed by atoms with van der Waals surface area (Å²) in [6.45, 7) is 7.52. The predicted octanol–water partition coefficient (Wildman–Crippen LogP) is -0.302. The predicted molar refractivity (Wildman–Crippen MR) is 54.1 cm³/mol. The van der Waals surface area contributed by atoms with Gasteiger partial charge in [0.1, 0.15) is 0 Å². The molecule has 0 aromatic heterocycles. The van der Waals surface area contributed by atoms with E-state index in [0.29, 0.717) is 6.61 Å². The molecule has 4 nitrogen and oxygen atoms in total. The lowest BCUT2D eigenvalue weighted by atomic mass is 9.94. The summed E-state index contributed by atoms with van der Waals surface area (Å²) in [5.41, 5.74) is -0.0721. The van der Waals surface area contributed by atoms with E-state index >= 15 is 0 Å². The Morgan fingerprint density at radius 2 is 2.14 bits per heavy atom. The van der Waals surface area contributed by atoms with Crippen molar-refractivity contribution in [1.82, 2.24) is 4.90 Å². The Labute approximate surface area is 85.5 Å². The SMILES string of the molecule is CC(C)(CO)CN1CCOC(CO)C1. The highest BCUT2D eigenvalue weighted by Crippen LogP contribution is 2.17. The molecule has 1 unspecified atom stereocenters. The van der Waals surface area contributed by atoms with Crippen molar-refractivity contribution in [3.05, 3.63) is 0 Å². The summed E-state index contributed by atoms with van der Waals surface area (Å²) < 4.78 is 5.35. The zero-order chi connectivity index (χ0) is 10.6. The Hall–Kier alpha value is -0.160. The van der Waals surface area contributed by atoms with Gasteiger partial charge in [0.25, 0.3) is 0 Å². The largest absolute Gasteiger partial charge is 0.396 e. The van der Waals surface area contributed by atoms with E-state index in [1.807, 2.05) is 13.8 Å². The van der Waals surface area contributed by atoms with Gasteiger partial charge in [0.15, 0.2) is 0 Å². The fourth-order valence-corrected chi connectivity index (χ4v) is 1.69. The zero-order valence-corrected chi connectivity index (χ0v) is 9.07. The molecule has 1 rings (SSSR count). The van der Waals surface area contributed by atoms with Crippen LogP contribution in [0.3, 0.4) is 0 Å². The monoisotopic (exact) mass is 203 g/mol. The fraction of sp³-hybridized carbons (Fsp3) is 1.00. The molecule has 0 saturated carbocycles. The summed E-state index contributed by atoms with van der Waals surface area (Å²) in [7, 11) is 0. The quantitative estimate of drug-likeness (QED) is 0.658. The van der Waals surface area contributed by atoms with Crippen molar-refractivity contribution in [3.8, 4) is 0 Å². The minimum absolute atomic E-state index is 0.0572. The molecule has 0 aliphatic carbocycles. The second-order valence-corrected chi connectivity index (χ2v) is 4.73. The van der Waals surface area contributed by atoms with Crippen LogP contribution in [0.2, 0.25) is 0 Å². The van der Waals surface area contributed by atoms with Crippen LogP contribution in [-0.2, 0) is 4.74 Å². The van der Waals surface area contributed by atoms with Gasteiger partial charge in [0, 0.05) is 31.7 Å². The van der Waals surface area contributed by atoms with Crippen molar-refractivity contribution >= 4 is 0 Å². The fourth-order valence-electron chi connectivity index (χ4n) is 1.69. The van der Waals surface area contributed by atoms with E-state index in [9.17, 15) is 0 Å². The van der Waals surface area contributed by atoms with Gasteiger partial charge in [-0.3, -0.25) is 4.90 Å². The highest BCUT2D eigenvalue weighted by atomic mass is 16.5. The molecular formula is C10H21NO3. The number of ether oxygens (including phenoxy) is 1. The van der Waals surface area contributed by atoms with Crippen molar-refractivity contribution in [3.63, 3.8) is 0 Å². The van der Waals surface area contributed by atoms with Crippen molar-refractivity contribution in [1.29, 1.82) is 0 Å². The number of rotatable bonds is 4. The number of aliphatic hydroxyl groups is 2. The van der Waals surface area contributed by atoms with E-state index in [-0.39, 0.29) is 24.7 Å². The van der Waals surface area contributed by atoms with E-state index in [0.717, 1.165) is 19.6 Å². The van der Waals surface area contributed by atoms with Crippen molar-refractivity contribution in [2.45, 2.75) is 20.0 Å². The Balaban J connectivity index is 2.37. The molecule has 1 aliphatic rings. The van der Waals surface area contributed by atoms with Gasteiger partial charge in [-0.05, 0) is 0 Å². The maximum atomic E-state index is 9.14. The molecule has 1 saturated heterocycles. The first-order chi connectivity index (χ1) is 6.57. The molecule has 0 aromatic carbocycles. The Kier molecular flexibility index (Phi) is 4.31. The molecule has 1 aliphatic heterocycles. The minimum atomic E-state index is -0.0721. The Morgan fingerprint density at radius 1 is 1.43 bits per heavy atom. The zero-order valence-electron chi connectivity index (χ0n) is 9.07. The van der Waals surface area contributed by atoms with Gasteiger partial charge in [0.05, 0.1) is 19.3 Å². The third-order valence-corrected chi connectivity index (χ3v) is 2.51. The van der Waals surface area contributed by atoms with E-state index in [2.05, 4.69) is 4.90 Å². The molecule has 1 fully saturated rings. The highest BCUT2D eigenvalue weighted by Gasteiger charge is 2.25. The number of hydrogen-bond donors (Lipinski definition) is 2. The van der Waals surface area contributed by atoms with Crippen LogP contribution in [0.15, 0.2) is 0 Å². The average Bonchev–Trinajstić information content (AvgIpc) is 2.17. The summed E-state index contributed by atoms with van der Waals surface area (Å²) in [5, 5.41) is 18.1. The molecule has 1 atom stereocenters. The van der Waals surface area contributed by atoms with E-state index < -0.39 is 0 Å². The number of morpholine rings is 1. The van der Waals surface area contributed by atoms with Gasteiger partial charge in [-0.2, -0.15) is 0 Å². The summed E-state index contributed by atoms with van der Waals surface area (Å²) in [4.78, 5) is 2.24. The Bertz CT molecular complexity index is 173. The van der Waals surface area contributed by atoms with Gasteiger partial charge in [-0.15, -0.1) is 0 Å².